The van der Waals surface area contributed by atoms with Gasteiger partial charge in [-0.2, -0.15) is 0 Å². The highest BCUT2D eigenvalue weighted by atomic mass is 35.5. The van der Waals surface area contributed by atoms with E-state index in [-0.39, 0.29) is 17.6 Å². The van der Waals surface area contributed by atoms with Crippen molar-refractivity contribution in [1.29, 1.82) is 0 Å². The number of aryl methyl sites for hydroxylation is 1. The van der Waals surface area contributed by atoms with Crippen molar-refractivity contribution >= 4 is 41.0 Å². The van der Waals surface area contributed by atoms with E-state index in [9.17, 15) is 14.4 Å². The van der Waals surface area contributed by atoms with Crippen molar-refractivity contribution in [3.8, 4) is 0 Å². The van der Waals surface area contributed by atoms with Gasteiger partial charge in [-0.25, -0.2) is 4.79 Å². The number of benzene rings is 2. The molecule has 3 rings (SSSR count). The van der Waals surface area contributed by atoms with Crippen LogP contribution in [-0.4, -0.2) is 29.3 Å². The number of hydrogen-bond acceptors (Lipinski definition) is 3. The maximum Gasteiger partial charge on any atom is 0.325 e. The van der Waals surface area contributed by atoms with Gasteiger partial charge in [-0.05, 0) is 38.0 Å². The van der Waals surface area contributed by atoms with Gasteiger partial charge in [0.1, 0.15) is 12.1 Å². The lowest BCUT2D eigenvalue weighted by Gasteiger charge is -2.24. The van der Waals surface area contributed by atoms with E-state index in [1.165, 1.54) is 6.07 Å². The van der Waals surface area contributed by atoms with E-state index in [2.05, 4.69) is 10.6 Å². The van der Waals surface area contributed by atoms with Crippen molar-refractivity contribution in [2.45, 2.75) is 38.8 Å². The molecule has 2 aromatic rings. The van der Waals surface area contributed by atoms with E-state index in [1.807, 2.05) is 38.1 Å². The molecule has 0 aromatic heterocycles. The lowest BCUT2D eigenvalue weighted by molar-refractivity contribution is -0.135. The van der Waals surface area contributed by atoms with Crippen LogP contribution >= 0.6 is 23.2 Å². The average Bonchev–Trinajstić information content (AvgIpc) is 2.90. The maximum atomic E-state index is 13.0. The van der Waals surface area contributed by atoms with Crippen LogP contribution in [0, 0.1) is 6.92 Å². The zero-order valence-corrected chi connectivity index (χ0v) is 18.5. The van der Waals surface area contributed by atoms with Gasteiger partial charge in [-0.15, -0.1) is 0 Å². The van der Waals surface area contributed by atoms with E-state index >= 15 is 0 Å². The molecule has 2 aromatic carbocycles. The number of urea groups is 1. The molecule has 0 bridgehead atoms. The number of rotatable bonds is 6. The van der Waals surface area contributed by atoms with Crippen molar-refractivity contribution in [3.05, 3.63) is 69.2 Å². The second-order valence-electron chi connectivity index (χ2n) is 7.51. The van der Waals surface area contributed by atoms with Gasteiger partial charge in [-0.3, -0.25) is 14.5 Å². The highest BCUT2D eigenvalue weighted by molar-refractivity contribution is 6.35. The number of amides is 4. The summed E-state index contributed by atoms with van der Waals surface area (Å²) in [5, 5.41) is 6.23. The van der Waals surface area contributed by atoms with Crippen LogP contribution in [0.3, 0.4) is 0 Å². The highest BCUT2D eigenvalue weighted by Crippen LogP contribution is 2.34. The molecule has 4 amide bonds. The Morgan fingerprint density at radius 2 is 1.83 bits per heavy atom. The number of halogens is 2. The minimum atomic E-state index is -1.37. The first-order valence-corrected chi connectivity index (χ1v) is 10.4. The summed E-state index contributed by atoms with van der Waals surface area (Å²) in [4.78, 5) is 39.1. The Hall–Kier alpha value is -2.57. The third-order valence-corrected chi connectivity index (χ3v) is 5.82. The fourth-order valence-corrected chi connectivity index (χ4v) is 4.12. The predicted molar refractivity (Wildman–Crippen MR) is 116 cm³/mol. The van der Waals surface area contributed by atoms with Crippen LogP contribution in [0.2, 0.25) is 10.0 Å². The van der Waals surface area contributed by atoms with Gasteiger partial charge in [-0.1, -0.05) is 66.0 Å². The van der Waals surface area contributed by atoms with Crippen LogP contribution in [0.25, 0.3) is 0 Å². The number of nitrogens with zero attached hydrogens (tertiary/aromatic N) is 1. The van der Waals surface area contributed by atoms with Gasteiger partial charge in [0, 0.05) is 15.6 Å². The number of imide groups is 1. The van der Waals surface area contributed by atoms with Crippen molar-refractivity contribution in [1.82, 2.24) is 15.5 Å². The Balaban J connectivity index is 1.74. The topological polar surface area (TPSA) is 78.5 Å². The molecule has 0 radical (unpaired) electrons. The zero-order valence-electron chi connectivity index (χ0n) is 17.0. The number of carbonyl (C=O) groups is 3. The SMILES string of the molecule is CCC(NC(=O)CN1C(=O)NC(C)(c2ccc(Cl)cc2Cl)C1=O)c1ccc(C)cc1. The highest BCUT2D eigenvalue weighted by Gasteiger charge is 2.50. The first kappa shape index (κ1) is 22.1. The number of nitrogens with one attached hydrogen (secondary N) is 2. The summed E-state index contributed by atoms with van der Waals surface area (Å²) in [6.07, 6.45) is 0.674. The summed E-state index contributed by atoms with van der Waals surface area (Å²) in [7, 11) is 0. The van der Waals surface area contributed by atoms with Crippen LogP contribution in [0.15, 0.2) is 42.5 Å². The molecule has 1 fully saturated rings. The number of hydrogen-bond donors (Lipinski definition) is 2. The van der Waals surface area contributed by atoms with Crippen LogP contribution < -0.4 is 10.6 Å². The lowest BCUT2D eigenvalue weighted by atomic mass is 9.92. The normalized spacial score (nSPS) is 19.6. The van der Waals surface area contributed by atoms with Gasteiger partial charge in [0.25, 0.3) is 5.91 Å². The maximum absolute atomic E-state index is 13.0. The lowest BCUT2D eigenvalue weighted by Crippen LogP contribution is -2.44. The van der Waals surface area contributed by atoms with E-state index in [1.54, 1.807) is 19.1 Å². The minimum absolute atomic E-state index is 0.212. The Morgan fingerprint density at radius 3 is 2.43 bits per heavy atom. The smallest absolute Gasteiger partial charge is 0.325 e. The number of carbonyl (C=O) groups excluding carboxylic acids is 3. The fourth-order valence-electron chi connectivity index (χ4n) is 3.52. The van der Waals surface area contributed by atoms with Crippen LogP contribution in [-0.2, 0) is 15.1 Å². The van der Waals surface area contributed by atoms with Gasteiger partial charge in [0.05, 0.1) is 6.04 Å². The summed E-state index contributed by atoms with van der Waals surface area (Å²) in [5.74, 6) is -0.965. The third kappa shape index (κ3) is 4.30. The Bertz CT molecular complexity index is 994. The third-order valence-electron chi connectivity index (χ3n) is 5.27. The summed E-state index contributed by atoms with van der Waals surface area (Å²) in [6, 6.07) is 11.7. The van der Waals surface area contributed by atoms with Gasteiger partial charge < -0.3 is 10.6 Å². The molecule has 0 spiro atoms. The van der Waals surface area contributed by atoms with Crippen molar-refractivity contribution in [3.63, 3.8) is 0 Å². The monoisotopic (exact) mass is 447 g/mol. The van der Waals surface area contributed by atoms with Crippen molar-refractivity contribution in [2.75, 3.05) is 6.54 Å². The van der Waals surface area contributed by atoms with Crippen molar-refractivity contribution < 1.29 is 14.4 Å². The first-order valence-electron chi connectivity index (χ1n) is 9.61. The Labute approximate surface area is 185 Å². The summed E-state index contributed by atoms with van der Waals surface area (Å²) in [6.45, 7) is 5.12. The zero-order chi connectivity index (χ0) is 22.1. The van der Waals surface area contributed by atoms with E-state index in [0.29, 0.717) is 17.0 Å². The first-order chi connectivity index (χ1) is 14.2. The predicted octanol–water partition coefficient (Wildman–Crippen LogP) is 4.34. The quantitative estimate of drug-likeness (QED) is 0.646. The summed E-state index contributed by atoms with van der Waals surface area (Å²) in [5.41, 5.74) is 1.13. The van der Waals surface area contributed by atoms with Gasteiger partial charge >= 0.3 is 6.03 Å². The van der Waals surface area contributed by atoms with E-state index in [4.69, 9.17) is 23.2 Å². The molecule has 8 heteroatoms. The summed E-state index contributed by atoms with van der Waals surface area (Å²) >= 11 is 12.2. The molecule has 6 nitrogen and oxygen atoms in total. The van der Waals surface area contributed by atoms with Gasteiger partial charge in [0.15, 0.2) is 0 Å². The molecule has 0 saturated carbocycles. The molecule has 1 aliphatic heterocycles. The second kappa shape index (κ2) is 8.66. The van der Waals surface area contributed by atoms with Gasteiger partial charge in [0.2, 0.25) is 5.91 Å². The fraction of sp³-hybridized carbons (Fsp3) is 0.318. The second-order valence-corrected chi connectivity index (χ2v) is 8.35. The van der Waals surface area contributed by atoms with Crippen LogP contribution in [0.1, 0.15) is 43.0 Å². The molecule has 1 saturated heterocycles. The molecule has 1 heterocycles. The molecular weight excluding hydrogens is 425 g/mol. The van der Waals surface area contributed by atoms with E-state index in [0.717, 1.165) is 16.0 Å². The molecule has 1 aliphatic rings. The average molecular weight is 448 g/mol. The van der Waals surface area contributed by atoms with Crippen LogP contribution in [0.4, 0.5) is 4.79 Å². The standard InChI is InChI=1S/C22H23Cl2N3O3/c1-4-18(14-7-5-13(2)6-8-14)25-19(28)12-27-20(29)22(3,26-21(27)30)16-10-9-15(23)11-17(16)24/h5-11,18H,4,12H2,1-3H3,(H,25,28)(H,26,30). The molecule has 30 heavy (non-hydrogen) atoms. The van der Waals surface area contributed by atoms with E-state index < -0.39 is 23.4 Å². The molecule has 2 unspecified atom stereocenters. The summed E-state index contributed by atoms with van der Waals surface area (Å²) < 4.78 is 0. The Kier molecular flexibility index (Phi) is 6.38. The molecule has 2 N–H and O–H groups in total. The van der Waals surface area contributed by atoms with Crippen LogP contribution in [0.5, 0.6) is 0 Å². The van der Waals surface area contributed by atoms with Crippen molar-refractivity contribution in [2.24, 2.45) is 0 Å². The Morgan fingerprint density at radius 1 is 1.17 bits per heavy atom. The minimum Gasteiger partial charge on any atom is -0.348 e. The largest absolute Gasteiger partial charge is 0.348 e. The molecule has 158 valence electrons. The molecule has 2 atom stereocenters. The molecule has 0 aliphatic carbocycles. The molecular formula is C22H23Cl2N3O3.